The number of amides is 1. The highest BCUT2D eigenvalue weighted by Crippen LogP contribution is 2.09. The molecule has 2 aromatic carbocycles. The van der Waals surface area contributed by atoms with Gasteiger partial charge in [0.25, 0.3) is 0 Å². The fourth-order valence-corrected chi connectivity index (χ4v) is 2.54. The van der Waals surface area contributed by atoms with Crippen molar-refractivity contribution < 1.29 is 14.3 Å². The first-order valence-corrected chi connectivity index (χ1v) is 8.04. The van der Waals surface area contributed by atoms with Crippen molar-refractivity contribution in [3.05, 3.63) is 76.1 Å². The van der Waals surface area contributed by atoms with Crippen molar-refractivity contribution in [1.82, 2.24) is 9.78 Å². The molecule has 1 heterocycles. The lowest BCUT2D eigenvalue weighted by atomic mass is 10.1. The van der Waals surface area contributed by atoms with Crippen LogP contribution in [0.1, 0.15) is 22.3 Å². The summed E-state index contributed by atoms with van der Waals surface area (Å²) < 4.78 is 6.84. The average molecular weight is 351 g/mol. The summed E-state index contributed by atoms with van der Waals surface area (Å²) in [5, 5.41) is 4.64. The van der Waals surface area contributed by atoms with Crippen LogP contribution in [0.4, 0.5) is 0 Å². The van der Waals surface area contributed by atoms with Crippen LogP contribution in [0.25, 0.3) is 10.9 Å². The maximum Gasteiger partial charge on any atom is 0.308 e. The van der Waals surface area contributed by atoms with E-state index in [1.807, 2.05) is 6.07 Å². The van der Waals surface area contributed by atoms with Gasteiger partial charge in [0.2, 0.25) is 11.3 Å². The Morgan fingerprint density at radius 2 is 1.81 bits per heavy atom. The summed E-state index contributed by atoms with van der Waals surface area (Å²) in [5.74, 6) is -0.886. The Labute approximate surface area is 149 Å². The second-order valence-corrected chi connectivity index (χ2v) is 5.72. The molecule has 0 atom stereocenters. The predicted molar refractivity (Wildman–Crippen MR) is 95.4 cm³/mol. The van der Waals surface area contributed by atoms with Crippen molar-refractivity contribution >= 4 is 22.8 Å². The molecule has 132 valence electrons. The molecule has 0 aliphatic heterocycles. The van der Waals surface area contributed by atoms with E-state index in [1.165, 1.54) is 6.20 Å². The SMILES string of the molecule is NC(=O)c1ccc(COC(=O)CCn2ncc(=O)c3ccccc32)cc1. The fourth-order valence-electron chi connectivity index (χ4n) is 2.54. The predicted octanol–water partition coefficient (Wildman–Crippen LogP) is 1.63. The highest BCUT2D eigenvalue weighted by molar-refractivity contribution is 5.92. The number of aromatic nitrogens is 2. The molecule has 1 amide bonds. The fraction of sp³-hybridized carbons (Fsp3) is 0.158. The number of primary amides is 1. The number of nitrogens with zero attached hydrogens (tertiary/aromatic N) is 2. The van der Waals surface area contributed by atoms with E-state index in [1.54, 1.807) is 47.1 Å². The van der Waals surface area contributed by atoms with Gasteiger partial charge >= 0.3 is 5.97 Å². The maximum absolute atomic E-state index is 12.0. The lowest BCUT2D eigenvalue weighted by Crippen LogP contribution is -2.15. The number of esters is 1. The van der Waals surface area contributed by atoms with Crippen molar-refractivity contribution in [1.29, 1.82) is 0 Å². The van der Waals surface area contributed by atoms with Gasteiger partial charge in [-0.25, -0.2) is 0 Å². The second kappa shape index (κ2) is 7.60. The Morgan fingerprint density at radius 1 is 1.08 bits per heavy atom. The van der Waals surface area contributed by atoms with Gasteiger partial charge in [-0.15, -0.1) is 0 Å². The van der Waals surface area contributed by atoms with Gasteiger partial charge in [-0.1, -0.05) is 24.3 Å². The molecule has 26 heavy (non-hydrogen) atoms. The maximum atomic E-state index is 12.0. The van der Waals surface area contributed by atoms with Crippen LogP contribution in [0.15, 0.2) is 59.5 Å². The summed E-state index contributed by atoms with van der Waals surface area (Å²) in [7, 11) is 0. The summed E-state index contributed by atoms with van der Waals surface area (Å²) in [6.07, 6.45) is 1.37. The molecule has 0 bridgehead atoms. The Morgan fingerprint density at radius 3 is 2.54 bits per heavy atom. The number of nitrogens with two attached hydrogens (primary N) is 1. The summed E-state index contributed by atoms with van der Waals surface area (Å²) >= 11 is 0. The Hall–Kier alpha value is -3.48. The lowest BCUT2D eigenvalue weighted by molar-refractivity contribution is -0.145. The number of para-hydroxylation sites is 1. The molecule has 3 aromatic rings. The van der Waals surface area contributed by atoms with Gasteiger partial charge in [0, 0.05) is 10.9 Å². The third kappa shape index (κ3) is 3.94. The summed E-state index contributed by atoms with van der Waals surface area (Å²) in [6, 6.07) is 13.7. The molecule has 0 saturated carbocycles. The van der Waals surface area contributed by atoms with E-state index < -0.39 is 5.91 Å². The van der Waals surface area contributed by atoms with E-state index in [-0.39, 0.29) is 24.4 Å². The van der Waals surface area contributed by atoms with Gasteiger partial charge in [-0.05, 0) is 29.8 Å². The molecular formula is C19H17N3O4. The lowest BCUT2D eigenvalue weighted by Gasteiger charge is -2.09. The minimum absolute atomic E-state index is 0.107. The van der Waals surface area contributed by atoms with Crippen LogP contribution in [0.3, 0.4) is 0 Å². The Balaban J connectivity index is 1.59. The number of fused-ring (bicyclic) bond motifs is 1. The third-order valence-electron chi connectivity index (χ3n) is 3.93. The quantitative estimate of drug-likeness (QED) is 0.680. The van der Waals surface area contributed by atoms with Crippen LogP contribution in [-0.4, -0.2) is 21.7 Å². The number of carbonyl (C=O) groups excluding carboxylic acids is 2. The number of aryl methyl sites for hydroxylation is 1. The molecule has 0 aliphatic carbocycles. The first-order valence-electron chi connectivity index (χ1n) is 8.04. The first-order chi connectivity index (χ1) is 12.5. The molecule has 1 aromatic heterocycles. The van der Waals surface area contributed by atoms with Crippen molar-refractivity contribution in [3.63, 3.8) is 0 Å². The van der Waals surface area contributed by atoms with Gasteiger partial charge < -0.3 is 10.5 Å². The number of ether oxygens (including phenoxy) is 1. The molecule has 7 nitrogen and oxygen atoms in total. The van der Waals surface area contributed by atoms with Gasteiger partial charge in [0.15, 0.2) is 0 Å². The van der Waals surface area contributed by atoms with E-state index >= 15 is 0 Å². The largest absolute Gasteiger partial charge is 0.461 e. The van der Waals surface area contributed by atoms with Crippen LogP contribution < -0.4 is 11.2 Å². The molecule has 7 heteroatoms. The normalized spacial score (nSPS) is 10.6. The molecule has 3 rings (SSSR count). The van der Waals surface area contributed by atoms with Crippen LogP contribution >= 0.6 is 0 Å². The standard InChI is InChI=1S/C19H17N3O4/c20-19(25)14-7-5-13(6-8-14)12-26-18(24)9-10-22-16-4-2-1-3-15(16)17(23)11-21-22/h1-8,11H,9-10,12H2,(H2,20,25). The number of hydrogen-bond donors (Lipinski definition) is 1. The van der Waals surface area contributed by atoms with Crippen molar-refractivity contribution in [2.75, 3.05) is 0 Å². The Bertz CT molecular complexity index is 1010. The monoisotopic (exact) mass is 351 g/mol. The number of hydrogen-bond acceptors (Lipinski definition) is 5. The van der Waals surface area contributed by atoms with Crippen molar-refractivity contribution in [2.45, 2.75) is 19.6 Å². The molecule has 0 unspecified atom stereocenters. The second-order valence-electron chi connectivity index (χ2n) is 5.72. The van der Waals surface area contributed by atoms with Crippen LogP contribution in [0, 0.1) is 0 Å². The zero-order valence-corrected chi connectivity index (χ0v) is 13.9. The zero-order valence-electron chi connectivity index (χ0n) is 13.9. The summed E-state index contributed by atoms with van der Waals surface area (Å²) in [5.41, 5.74) is 6.86. The number of benzene rings is 2. The van der Waals surface area contributed by atoms with Crippen molar-refractivity contribution in [2.24, 2.45) is 5.73 Å². The molecule has 0 saturated heterocycles. The first kappa shape index (κ1) is 17.3. The molecule has 0 fully saturated rings. The molecule has 0 spiro atoms. The van der Waals surface area contributed by atoms with Gasteiger partial charge in [-0.2, -0.15) is 5.10 Å². The average Bonchev–Trinajstić information content (AvgIpc) is 2.66. The van der Waals surface area contributed by atoms with Crippen LogP contribution in [0.2, 0.25) is 0 Å². The van der Waals surface area contributed by atoms with Crippen LogP contribution in [0.5, 0.6) is 0 Å². The Kier molecular flexibility index (Phi) is 5.07. The zero-order chi connectivity index (χ0) is 18.5. The summed E-state index contributed by atoms with van der Waals surface area (Å²) in [6.45, 7) is 0.413. The molecule has 2 N–H and O–H groups in total. The van der Waals surface area contributed by atoms with E-state index in [2.05, 4.69) is 5.10 Å². The minimum Gasteiger partial charge on any atom is -0.461 e. The van der Waals surface area contributed by atoms with Gasteiger partial charge in [-0.3, -0.25) is 19.1 Å². The van der Waals surface area contributed by atoms with Gasteiger partial charge in [0.1, 0.15) is 6.61 Å². The minimum atomic E-state index is -0.505. The topological polar surface area (TPSA) is 104 Å². The van der Waals surface area contributed by atoms with E-state index in [4.69, 9.17) is 10.5 Å². The smallest absolute Gasteiger partial charge is 0.308 e. The highest BCUT2D eigenvalue weighted by atomic mass is 16.5. The number of rotatable bonds is 6. The molecule has 0 radical (unpaired) electrons. The molecular weight excluding hydrogens is 334 g/mol. The summed E-state index contributed by atoms with van der Waals surface area (Å²) in [4.78, 5) is 34.8. The van der Waals surface area contributed by atoms with E-state index in [9.17, 15) is 14.4 Å². The number of carbonyl (C=O) groups is 2. The third-order valence-corrected chi connectivity index (χ3v) is 3.93. The highest BCUT2D eigenvalue weighted by Gasteiger charge is 2.08. The van der Waals surface area contributed by atoms with Gasteiger partial charge in [0.05, 0.1) is 24.7 Å². The molecule has 0 aliphatic rings. The van der Waals surface area contributed by atoms with E-state index in [0.717, 1.165) is 5.56 Å². The van der Waals surface area contributed by atoms with Crippen molar-refractivity contribution in [3.8, 4) is 0 Å². The van der Waals surface area contributed by atoms with E-state index in [0.29, 0.717) is 23.0 Å². The van der Waals surface area contributed by atoms with Crippen LogP contribution in [-0.2, 0) is 22.7 Å².